The number of hydrogen-bond acceptors (Lipinski definition) is 6. The molecule has 0 unspecified atom stereocenters. The number of nitrogens with zero attached hydrogens (tertiary/aromatic N) is 1. The molecule has 1 spiro atoms. The van der Waals surface area contributed by atoms with Gasteiger partial charge in [-0.05, 0) is 17.5 Å². The summed E-state index contributed by atoms with van der Waals surface area (Å²) in [4.78, 5) is 57.7. The maximum Gasteiger partial charge on any atom is 0.265 e. The maximum absolute atomic E-state index is 13.0. The van der Waals surface area contributed by atoms with E-state index < -0.39 is 46.4 Å². The zero-order valence-electron chi connectivity index (χ0n) is 13.9. The number of carbonyl (C=O) groups is 4. The molecule has 1 saturated carbocycles. The fourth-order valence-corrected chi connectivity index (χ4v) is 4.06. The first-order chi connectivity index (χ1) is 11.8. The van der Waals surface area contributed by atoms with Gasteiger partial charge in [0.05, 0.1) is 5.69 Å². The van der Waals surface area contributed by atoms with E-state index >= 15 is 0 Å². The molecule has 7 heteroatoms. The summed E-state index contributed by atoms with van der Waals surface area (Å²) < 4.78 is 0. The van der Waals surface area contributed by atoms with Gasteiger partial charge in [-0.1, -0.05) is 32.0 Å². The van der Waals surface area contributed by atoms with E-state index in [1.807, 2.05) is 13.8 Å². The molecule has 4 rings (SSSR count). The van der Waals surface area contributed by atoms with E-state index in [0.717, 1.165) is 4.90 Å². The van der Waals surface area contributed by atoms with Crippen molar-refractivity contribution in [3.05, 3.63) is 30.3 Å². The Morgan fingerprint density at radius 2 is 1.60 bits per heavy atom. The summed E-state index contributed by atoms with van der Waals surface area (Å²) in [6.07, 6.45) is -0.877. The van der Waals surface area contributed by atoms with Crippen LogP contribution < -0.4 is 10.4 Å². The summed E-state index contributed by atoms with van der Waals surface area (Å²) in [5.41, 5.74) is 0.659. The topological polar surface area (TPSA) is 92.8 Å². The lowest BCUT2D eigenvalue weighted by atomic mass is 9.63. The number of imide groups is 1. The Hall–Kier alpha value is -2.38. The van der Waals surface area contributed by atoms with Crippen molar-refractivity contribution in [1.29, 1.82) is 0 Å². The highest BCUT2D eigenvalue weighted by atomic mass is 16.7. The molecule has 25 heavy (non-hydrogen) atoms. The molecule has 1 aromatic carbocycles. The highest BCUT2D eigenvalue weighted by molar-refractivity contribution is 6.29. The molecule has 2 saturated heterocycles. The molecule has 0 aromatic heterocycles. The van der Waals surface area contributed by atoms with E-state index in [1.54, 1.807) is 30.3 Å². The number of nitrogens with one attached hydrogen (secondary N) is 1. The van der Waals surface area contributed by atoms with Crippen LogP contribution in [0.1, 0.15) is 26.7 Å². The smallest absolute Gasteiger partial charge is 0.265 e. The number of hydroxylamine groups is 1. The van der Waals surface area contributed by atoms with Gasteiger partial charge in [0.1, 0.15) is 5.92 Å². The molecule has 130 valence electrons. The lowest BCUT2D eigenvalue weighted by molar-refractivity contribution is -0.150. The zero-order valence-corrected chi connectivity index (χ0v) is 13.9. The number of amides is 2. The molecule has 1 aliphatic carbocycles. The number of Topliss-reactive ketones (excluding diaryl/α,β-unsaturated/α-hetero) is 2. The molecule has 2 atom stereocenters. The van der Waals surface area contributed by atoms with E-state index in [1.165, 1.54) is 0 Å². The second-order valence-corrected chi connectivity index (χ2v) is 7.64. The minimum absolute atomic E-state index is 0.144. The zero-order chi connectivity index (χ0) is 18.0. The third-order valence-corrected chi connectivity index (χ3v) is 5.24. The minimum atomic E-state index is -1.75. The molecule has 1 aromatic rings. The van der Waals surface area contributed by atoms with E-state index in [9.17, 15) is 19.2 Å². The summed E-state index contributed by atoms with van der Waals surface area (Å²) in [6, 6.07) is 8.44. The molecule has 3 aliphatic rings. The van der Waals surface area contributed by atoms with Crippen LogP contribution in [-0.4, -0.2) is 35.0 Å². The van der Waals surface area contributed by atoms with Crippen molar-refractivity contribution in [3.8, 4) is 0 Å². The largest absolute Gasteiger partial charge is 0.297 e. The average molecular weight is 342 g/mol. The Balaban J connectivity index is 1.76. The van der Waals surface area contributed by atoms with Crippen molar-refractivity contribution >= 4 is 29.1 Å². The Morgan fingerprint density at radius 1 is 1.00 bits per heavy atom. The van der Waals surface area contributed by atoms with Crippen LogP contribution in [0, 0.1) is 11.3 Å². The lowest BCUT2D eigenvalue weighted by Gasteiger charge is -2.39. The maximum atomic E-state index is 13.0. The number of rotatable bonds is 1. The van der Waals surface area contributed by atoms with Gasteiger partial charge in [-0.2, -0.15) is 5.48 Å². The van der Waals surface area contributed by atoms with Gasteiger partial charge in [-0.25, -0.2) is 4.90 Å². The second kappa shape index (κ2) is 5.06. The summed E-state index contributed by atoms with van der Waals surface area (Å²) in [6.45, 7) is 3.67. The van der Waals surface area contributed by atoms with Crippen molar-refractivity contribution in [2.24, 2.45) is 11.3 Å². The van der Waals surface area contributed by atoms with Gasteiger partial charge in [-0.3, -0.25) is 24.0 Å². The first kappa shape index (κ1) is 16.1. The lowest BCUT2D eigenvalue weighted by Crippen LogP contribution is -2.64. The van der Waals surface area contributed by atoms with Gasteiger partial charge in [0.15, 0.2) is 23.2 Å². The van der Waals surface area contributed by atoms with Gasteiger partial charge >= 0.3 is 0 Å². The van der Waals surface area contributed by atoms with Gasteiger partial charge in [0, 0.05) is 12.8 Å². The van der Waals surface area contributed by atoms with Crippen LogP contribution in [-0.2, 0) is 24.0 Å². The molecule has 1 N–H and O–H groups in total. The summed E-state index contributed by atoms with van der Waals surface area (Å²) in [7, 11) is 0. The van der Waals surface area contributed by atoms with Crippen LogP contribution in [0.3, 0.4) is 0 Å². The second-order valence-electron chi connectivity index (χ2n) is 7.64. The number of carbonyl (C=O) groups excluding carboxylic acids is 4. The third-order valence-electron chi connectivity index (χ3n) is 5.24. The standard InChI is InChI=1S/C18H18N2O5/c1-17(2)8-11(21)18(12(22)9-17)13-14(25-19-18)16(24)20(15(13)23)10-6-4-3-5-7-10/h3-7,13-14,19H,8-9H2,1-2H3/t13-,14+/m0/s1. The molecule has 0 radical (unpaired) electrons. The van der Waals surface area contributed by atoms with Crippen LogP contribution in [0.2, 0.25) is 0 Å². The van der Waals surface area contributed by atoms with Gasteiger partial charge < -0.3 is 0 Å². The number of fused-ring (bicyclic) bond motifs is 2. The molecular formula is C18H18N2O5. The van der Waals surface area contributed by atoms with Crippen molar-refractivity contribution in [3.63, 3.8) is 0 Å². The molecule has 3 fully saturated rings. The highest BCUT2D eigenvalue weighted by Crippen LogP contribution is 2.46. The van der Waals surface area contributed by atoms with Crippen molar-refractivity contribution < 1.29 is 24.0 Å². The molecule has 7 nitrogen and oxygen atoms in total. The molecule has 2 heterocycles. The molecule has 0 bridgehead atoms. The van der Waals surface area contributed by atoms with E-state index in [-0.39, 0.29) is 12.8 Å². The highest BCUT2D eigenvalue weighted by Gasteiger charge is 2.70. The Labute approximate surface area is 144 Å². The van der Waals surface area contributed by atoms with Gasteiger partial charge in [-0.15, -0.1) is 0 Å². The first-order valence-electron chi connectivity index (χ1n) is 8.20. The summed E-state index contributed by atoms with van der Waals surface area (Å²) in [5, 5.41) is 0. The Kier molecular flexibility index (Phi) is 3.26. The number of anilines is 1. The van der Waals surface area contributed by atoms with Crippen molar-refractivity contribution in [1.82, 2.24) is 5.48 Å². The summed E-state index contributed by atoms with van der Waals surface area (Å²) >= 11 is 0. The van der Waals surface area contributed by atoms with Crippen LogP contribution in [0.4, 0.5) is 5.69 Å². The predicted octanol–water partition coefficient (Wildman–Crippen LogP) is 0.776. The summed E-state index contributed by atoms with van der Waals surface area (Å²) in [5.74, 6) is -3.07. The minimum Gasteiger partial charge on any atom is -0.297 e. The fraction of sp³-hybridized carbons (Fsp3) is 0.444. The Morgan fingerprint density at radius 3 is 2.20 bits per heavy atom. The quantitative estimate of drug-likeness (QED) is 0.599. The first-order valence-corrected chi connectivity index (χ1v) is 8.20. The number of hydrogen-bond donors (Lipinski definition) is 1. The van der Waals surface area contributed by atoms with Crippen LogP contribution in [0.5, 0.6) is 0 Å². The molecular weight excluding hydrogens is 324 g/mol. The molecule has 2 aliphatic heterocycles. The normalized spacial score (nSPS) is 30.2. The monoisotopic (exact) mass is 342 g/mol. The Bertz CT molecular complexity index is 781. The number of benzene rings is 1. The van der Waals surface area contributed by atoms with Crippen LogP contribution in [0.15, 0.2) is 30.3 Å². The SMILES string of the molecule is CC1(C)CC(=O)C2(NO[C@H]3C(=O)N(c4ccccc4)C(=O)[C@H]32)C(=O)C1. The van der Waals surface area contributed by atoms with E-state index in [0.29, 0.717) is 5.69 Å². The number of para-hydroxylation sites is 1. The number of ketones is 2. The fourth-order valence-electron chi connectivity index (χ4n) is 4.06. The van der Waals surface area contributed by atoms with Crippen LogP contribution in [0.25, 0.3) is 0 Å². The van der Waals surface area contributed by atoms with Crippen molar-refractivity contribution in [2.45, 2.75) is 38.3 Å². The van der Waals surface area contributed by atoms with E-state index in [2.05, 4.69) is 5.48 Å². The van der Waals surface area contributed by atoms with Crippen LogP contribution >= 0.6 is 0 Å². The average Bonchev–Trinajstić information content (AvgIpc) is 3.05. The van der Waals surface area contributed by atoms with E-state index in [4.69, 9.17) is 4.84 Å². The third kappa shape index (κ3) is 2.06. The van der Waals surface area contributed by atoms with Gasteiger partial charge in [0.2, 0.25) is 5.91 Å². The van der Waals surface area contributed by atoms with Gasteiger partial charge in [0.25, 0.3) is 5.91 Å². The molecule has 2 amide bonds. The van der Waals surface area contributed by atoms with Crippen molar-refractivity contribution in [2.75, 3.05) is 4.90 Å². The predicted molar refractivity (Wildman–Crippen MR) is 86.2 cm³/mol.